The van der Waals surface area contributed by atoms with E-state index in [1.807, 2.05) is 0 Å². The van der Waals surface area contributed by atoms with Crippen LogP contribution in [0.5, 0.6) is 0 Å². The average Bonchev–Trinajstić information content (AvgIpc) is 2.69. The number of H-pyrrole nitrogens is 1. The van der Waals surface area contributed by atoms with Crippen molar-refractivity contribution in [2.75, 3.05) is 6.54 Å². The third kappa shape index (κ3) is 3.43. The molecule has 0 aliphatic carbocycles. The van der Waals surface area contributed by atoms with Gasteiger partial charge < -0.3 is 21.1 Å². The second-order valence-electron chi connectivity index (χ2n) is 3.10. The van der Waals surface area contributed by atoms with E-state index in [-0.39, 0.29) is 18.2 Å². The molecule has 1 amide bonds. The maximum Gasteiger partial charge on any atom is 0.234 e. The van der Waals surface area contributed by atoms with Crippen LogP contribution >= 0.6 is 0 Å². The maximum atomic E-state index is 11.0. The smallest absolute Gasteiger partial charge is 0.234 e. The maximum absolute atomic E-state index is 11.0. The second-order valence-corrected chi connectivity index (χ2v) is 3.10. The lowest BCUT2D eigenvalue weighted by molar-refractivity contribution is -0.120. The fraction of sp³-hybridized carbons (Fsp3) is 0.333. The van der Waals surface area contributed by atoms with Crippen LogP contribution in [-0.2, 0) is 11.2 Å². The van der Waals surface area contributed by atoms with E-state index in [0.29, 0.717) is 6.42 Å². The number of hydrogen-bond acceptors (Lipinski definition) is 4. The molecule has 0 aliphatic rings. The monoisotopic (exact) mass is 210 g/mol. The minimum absolute atomic E-state index is 0.105. The standard InChI is InChI=1S/C9H14N4O2/c1-6(14)8(13-9(15)3-10)2-7-4-11-5-12-7/h4-5,8,14H,1-3,10H2,(H,11,12)(H,13,15)/t8-/m0/s1. The summed E-state index contributed by atoms with van der Waals surface area (Å²) in [6.45, 7) is 3.27. The molecule has 1 atom stereocenters. The molecule has 5 N–H and O–H groups in total. The summed E-state index contributed by atoms with van der Waals surface area (Å²) in [5.41, 5.74) is 5.95. The molecule has 1 aromatic rings. The van der Waals surface area contributed by atoms with Crippen LogP contribution in [0.1, 0.15) is 5.69 Å². The SMILES string of the molecule is C=C(O)[C@H](Cc1cnc[nH]1)NC(=O)CN. The molecule has 0 unspecified atom stereocenters. The van der Waals surface area contributed by atoms with Crippen molar-refractivity contribution in [3.05, 3.63) is 30.6 Å². The number of rotatable bonds is 5. The number of amides is 1. The van der Waals surface area contributed by atoms with E-state index in [1.54, 1.807) is 6.20 Å². The van der Waals surface area contributed by atoms with E-state index in [4.69, 9.17) is 5.73 Å². The second kappa shape index (κ2) is 5.16. The Kier molecular flexibility index (Phi) is 3.87. The number of nitrogens with zero attached hydrogens (tertiary/aromatic N) is 1. The summed E-state index contributed by atoms with van der Waals surface area (Å²) >= 11 is 0. The predicted octanol–water partition coefficient (Wildman–Crippen LogP) is -0.533. The van der Waals surface area contributed by atoms with E-state index in [9.17, 15) is 9.90 Å². The van der Waals surface area contributed by atoms with E-state index >= 15 is 0 Å². The number of carbonyl (C=O) groups excluding carboxylic acids is 1. The zero-order chi connectivity index (χ0) is 11.3. The van der Waals surface area contributed by atoms with Gasteiger partial charge in [-0.25, -0.2) is 4.98 Å². The third-order valence-electron chi connectivity index (χ3n) is 1.90. The van der Waals surface area contributed by atoms with Crippen LogP contribution in [0.25, 0.3) is 0 Å². The molecule has 1 heterocycles. The summed E-state index contributed by atoms with van der Waals surface area (Å²) in [6.07, 6.45) is 3.54. The summed E-state index contributed by atoms with van der Waals surface area (Å²) in [4.78, 5) is 17.7. The van der Waals surface area contributed by atoms with Crippen molar-refractivity contribution in [2.24, 2.45) is 5.73 Å². The van der Waals surface area contributed by atoms with Crippen molar-refractivity contribution in [1.29, 1.82) is 0 Å². The van der Waals surface area contributed by atoms with Crippen molar-refractivity contribution in [3.63, 3.8) is 0 Å². The number of carbonyl (C=O) groups is 1. The molecule has 0 fully saturated rings. The Morgan fingerprint density at radius 2 is 2.53 bits per heavy atom. The van der Waals surface area contributed by atoms with E-state index < -0.39 is 6.04 Å². The Morgan fingerprint density at radius 1 is 1.80 bits per heavy atom. The number of nitrogens with two attached hydrogens (primary N) is 1. The van der Waals surface area contributed by atoms with Crippen molar-refractivity contribution in [3.8, 4) is 0 Å². The van der Waals surface area contributed by atoms with Gasteiger partial charge >= 0.3 is 0 Å². The Hall–Kier alpha value is -1.82. The van der Waals surface area contributed by atoms with Gasteiger partial charge in [-0.3, -0.25) is 4.79 Å². The summed E-state index contributed by atoms with van der Waals surface area (Å²) < 4.78 is 0. The normalized spacial score (nSPS) is 12.1. The first-order chi connectivity index (χ1) is 7.13. The van der Waals surface area contributed by atoms with Crippen molar-refractivity contribution in [1.82, 2.24) is 15.3 Å². The van der Waals surface area contributed by atoms with Gasteiger partial charge in [0.2, 0.25) is 5.91 Å². The molecule has 0 spiro atoms. The van der Waals surface area contributed by atoms with Crippen molar-refractivity contribution >= 4 is 5.91 Å². The summed E-state index contributed by atoms with van der Waals surface area (Å²) in [6, 6.07) is -0.540. The predicted molar refractivity (Wildman–Crippen MR) is 55.0 cm³/mol. The number of aromatic nitrogens is 2. The quantitative estimate of drug-likeness (QED) is 0.490. The summed E-state index contributed by atoms with van der Waals surface area (Å²) in [5, 5.41) is 11.8. The molecule has 6 nitrogen and oxygen atoms in total. The zero-order valence-corrected chi connectivity index (χ0v) is 8.23. The number of hydrogen-bond donors (Lipinski definition) is 4. The molecule has 0 bridgehead atoms. The fourth-order valence-corrected chi connectivity index (χ4v) is 1.12. The number of aliphatic hydroxyl groups excluding tert-OH is 1. The van der Waals surface area contributed by atoms with Gasteiger partial charge in [-0.15, -0.1) is 0 Å². The highest BCUT2D eigenvalue weighted by Crippen LogP contribution is 2.03. The Labute approximate surface area is 87.2 Å². The topological polar surface area (TPSA) is 104 Å². The van der Waals surface area contributed by atoms with Crippen molar-refractivity contribution < 1.29 is 9.90 Å². The van der Waals surface area contributed by atoms with Gasteiger partial charge in [0.25, 0.3) is 0 Å². The highest BCUT2D eigenvalue weighted by atomic mass is 16.3. The Bertz CT molecular complexity index is 334. The lowest BCUT2D eigenvalue weighted by Gasteiger charge is -2.15. The number of aliphatic hydroxyl groups is 1. The molecule has 0 saturated heterocycles. The van der Waals surface area contributed by atoms with E-state index in [2.05, 4.69) is 21.9 Å². The first kappa shape index (κ1) is 11.3. The number of aromatic amines is 1. The van der Waals surface area contributed by atoms with Gasteiger partial charge in [-0.1, -0.05) is 6.58 Å². The highest BCUT2D eigenvalue weighted by molar-refractivity contribution is 5.78. The zero-order valence-electron chi connectivity index (χ0n) is 8.23. The lowest BCUT2D eigenvalue weighted by Crippen LogP contribution is -2.41. The minimum atomic E-state index is -0.540. The molecule has 0 aromatic carbocycles. The van der Waals surface area contributed by atoms with Crippen LogP contribution < -0.4 is 11.1 Å². The van der Waals surface area contributed by atoms with Crippen molar-refractivity contribution in [2.45, 2.75) is 12.5 Å². The summed E-state index contributed by atoms with van der Waals surface area (Å²) in [7, 11) is 0. The Balaban J connectivity index is 2.59. The van der Waals surface area contributed by atoms with E-state index in [0.717, 1.165) is 5.69 Å². The first-order valence-corrected chi connectivity index (χ1v) is 4.48. The molecule has 1 aromatic heterocycles. The Morgan fingerprint density at radius 3 is 3.00 bits per heavy atom. The van der Waals surface area contributed by atoms with Gasteiger partial charge in [0.15, 0.2) is 0 Å². The molecular formula is C9H14N4O2. The van der Waals surface area contributed by atoms with Crippen LogP contribution in [0, 0.1) is 0 Å². The molecule has 6 heteroatoms. The summed E-state index contributed by atoms with van der Waals surface area (Å²) in [5.74, 6) is -0.443. The molecule has 82 valence electrons. The van der Waals surface area contributed by atoms with Crippen LogP contribution in [0.3, 0.4) is 0 Å². The highest BCUT2D eigenvalue weighted by Gasteiger charge is 2.15. The van der Waals surface area contributed by atoms with Crippen LogP contribution in [0.4, 0.5) is 0 Å². The van der Waals surface area contributed by atoms with Crippen LogP contribution in [0.15, 0.2) is 24.9 Å². The molecule has 0 saturated carbocycles. The average molecular weight is 210 g/mol. The fourth-order valence-electron chi connectivity index (χ4n) is 1.12. The van der Waals surface area contributed by atoms with Crippen LogP contribution in [0.2, 0.25) is 0 Å². The minimum Gasteiger partial charge on any atom is -0.511 e. The van der Waals surface area contributed by atoms with E-state index in [1.165, 1.54) is 6.33 Å². The number of imidazole rings is 1. The van der Waals surface area contributed by atoms with Gasteiger partial charge in [-0.2, -0.15) is 0 Å². The van der Waals surface area contributed by atoms with Crippen LogP contribution in [-0.4, -0.2) is 33.6 Å². The molecule has 0 aliphatic heterocycles. The largest absolute Gasteiger partial charge is 0.511 e. The molecule has 1 rings (SSSR count). The van der Waals surface area contributed by atoms with Gasteiger partial charge in [-0.05, 0) is 0 Å². The third-order valence-corrected chi connectivity index (χ3v) is 1.90. The van der Waals surface area contributed by atoms with Gasteiger partial charge in [0.05, 0.1) is 18.9 Å². The lowest BCUT2D eigenvalue weighted by atomic mass is 10.1. The number of nitrogens with one attached hydrogen (secondary N) is 2. The van der Waals surface area contributed by atoms with Gasteiger partial charge in [0.1, 0.15) is 5.76 Å². The molecule has 15 heavy (non-hydrogen) atoms. The first-order valence-electron chi connectivity index (χ1n) is 4.48. The molecular weight excluding hydrogens is 196 g/mol. The van der Waals surface area contributed by atoms with Gasteiger partial charge in [0, 0.05) is 18.3 Å². The molecule has 0 radical (unpaired) electrons.